The second-order valence-corrected chi connectivity index (χ2v) is 5.12. The quantitative estimate of drug-likeness (QED) is 0.707. The van der Waals surface area contributed by atoms with Crippen molar-refractivity contribution in [1.29, 1.82) is 0 Å². The Morgan fingerprint density at radius 1 is 1.39 bits per heavy atom. The van der Waals surface area contributed by atoms with Gasteiger partial charge in [0.05, 0.1) is 24.7 Å². The molecule has 0 aliphatic heterocycles. The fraction of sp³-hybridized carbons (Fsp3) is 0.222. The highest BCUT2D eigenvalue weighted by atomic mass is 32.2. The van der Waals surface area contributed by atoms with Crippen LogP contribution in [0.1, 0.15) is 11.3 Å². The van der Waals surface area contributed by atoms with Gasteiger partial charge in [-0.2, -0.15) is 13.5 Å². The van der Waals surface area contributed by atoms with Crippen LogP contribution in [0.5, 0.6) is 0 Å². The summed E-state index contributed by atoms with van der Waals surface area (Å²) in [6, 6.07) is 0. The van der Waals surface area contributed by atoms with Crippen LogP contribution in [0.15, 0.2) is 23.7 Å². The molecular formula is C9H11N5O3S. The molecule has 2 aromatic heterocycles. The van der Waals surface area contributed by atoms with Crippen molar-refractivity contribution in [2.24, 2.45) is 0 Å². The Bertz CT molecular complexity index is 637. The predicted octanol–water partition coefficient (Wildman–Crippen LogP) is -0.199. The molecule has 0 aliphatic rings. The molecular weight excluding hydrogens is 258 g/mol. The van der Waals surface area contributed by atoms with E-state index in [2.05, 4.69) is 24.9 Å². The van der Waals surface area contributed by atoms with Crippen LogP contribution in [-0.2, 0) is 16.6 Å². The van der Waals surface area contributed by atoms with Crippen molar-refractivity contribution in [2.75, 3.05) is 4.72 Å². The lowest BCUT2D eigenvalue weighted by Crippen LogP contribution is -2.15. The molecule has 96 valence electrons. The van der Waals surface area contributed by atoms with Gasteiger partial charge in [-0.25, -0.2) is 9.97 Å². The van der Waals surface area contributed by atoms with Gasteiger partial charge < -0.3 is 5.11 Å². The largest absolute Gasteiger partial charge is 0.392 e. The minimum Gasteiger partial charge on any atom is -0.392 e. The molecule has 2 aromatic rings. The summed E-state index contributed by atoms with van der Waals surface area (Å²) in [5.74, 6) is 0. The highest BCUT2D eigenvalue weighted by Gasteiger charge is 2.23. The summed E-state index contributed by atoms with van der Waals surface area (Å²) in [6.45, 7) is 1.22. The lowest BCUT2D eigenvalue weighted by atomic mass is 10.3. The molecule has 3 N–H and O–H groups in total. The van der Waals surface area contributed by atoms with E-state index < -0.39 is 16.6 Å². The van der Waals surface area contributed by atoms with E-state index in [4.69, 9.17) is 5.11 Å². The first kappa shape index (κ1) is 12.5. The second kappa shape index (κ2) is 4.70. The van der Waals surface area contributed by atoms with Crippen LogP contribution in [0.2, 0.25) is 0 Å². The Kier molecular flexibility index (Phi) is 3.26. The van der Waals surface area contributed by atoms with Gasteiger partial charge in [-0.1, -0.05) is 0 Å². The van der Waals surface area contributed by atoms with E-state index in [0.717, 1.165) is 0 Å². The second-order valence-electron chi connectivity index (χ2n) is 3.52. The number of rotatable bonds is 4. The summed E-state index contributed by atoms with van der Waals surface area (Å²) in [7, 11) is -3.87. The molecule has 2 heterocycles. The van der Waals surface area contributed by atoms with Crippen LogP contribution in [0.4, 0.5) is 5.69 Å². The van der Waals surface area contributed by atoms with Gasteiger partial charge in [-0.3, -0.25) is 9.82 Å². The van der Waals surface area contributed by atoms with E-state index in [1.165, 1.54) is 18.7 Å². The third kappa shape index (κ3) is 2.31. The van der Waals surface area contributed by atoms with Crippen molar-refractivity contribution in [1.82, 2.24) is 20.2 Å². The molecule has 0 atom stereocenters. The van der Waals surface area contributed by atoms with Crippen LogP contribution in [0.3, 0.4) is 0 Å². The fourth-order valence-electron chi connectivity index (χ4n) is 1.39. The van der Waals surface area contributed by atoms with Gasteiger partial charge >= 0.3 is 0 Å². The summed E-state index contributed by atoms with van der Waals surface area (Å²) in [5, 5.41) is 15.1. The van der Waals surface area contributed by atoms with Gasteiger partial charge in [0.25, 0.3) is 10.0 Å². The van der Waals surface area contributed by atoms with Crippen molar-refractivity contribution in [3.63, 3.8) is 0 Å². The van der Waals surface area contributed by atoms with E-state index in [-0.39, 0.29) is 16.3 Å². The maximum Gasteiger partial charge on any atom is 0.281 e. The first-order valence-electron chi connectivity index (χ1n) is 4.97. The Morgan fingerprint density at radius 2 is 2.06 bits per heavy atom. The molecule has 8 nitrogen and oxygen atoms in total. The van der Waals surface area contributed by atoms with Gasteiger partial charge in [0.2, 0.25) is 5.03 Å². The highest BCUT2D eigenvalue weighted by Crippen LogP contribution is 2.18. The lowest BCUT2D eigenvalue weighted by molar-refractivity contribution is 0.277. The lowest BCUT2D eigenvalue weighted by Gasteiger charge is -2.05. The van der Waals surface area contributed by atoms with E-state index in [1.807, 2.05) is 0 Å². The standard InChI is InChI=1S/C9H11N5O3S/c1-6-8(4-15)9(13-12-6)18(16,17)14-7-2-10-5-11-3-7/h2-3,5,14-15H,4H2,1H3,(H,12,13). The van der Waals surface area contributed by atoms with Gasteiger partial charge in [-0.05, 0) is 6.92 Å². The first-order chi connectivity index (χ1) is 8.54. The van der Waals surface area contributed by atoms with Gasteiger partial charge in [-0.15, -0.1) is 0 Å². The maximum absolute atomic E-state index is 12.0. The Morgan fingerprint density at radius 3 is 2.67 bits per heavy atom. The minimum atomic E-state index is -3.87. The van der Waals surface area contributed by atoms with Crippen molar-refractivity contribution in [2.45, 2.75) is 18.6 Å². The predicted molar refractivity (Wildman–Crippen MR) is 62.1 cm³/mol. The molecule has 0 saturated heterocycles. The Balaban J connectivity index is 2.37. The van der Waals surface area contributed by atoms with Crippen molar-refractivity contribution >= 4 is 15.7 Å². The third-order valence-electron chi connectivity index (χ3n) is 2.26. The SMILES string of the molecule is Cc1[nH]nc(S(=O)(=O)Nc2cncnc2)c1CO. The van der Waals surface area contributed by atoms with Crippen LogP contribution < -0.4 is 4.72 Å². The molecule has 0 bridgehead atoms. The normalized spacial score (nSPS) is 11.4. The fourth-order valence-corrected chi connectivity index (χ4v) is 2.61. The number of nitrogens with zero attached hydrogens (tertiary/aromatic N) is 3. The molecule has 0 radical (unpaired) electrons. The number of aliphatic hydroxyl groups is 1. The van der Waals surface area contributed by atoms with Crippen LogP contribution in [0, 0.1) is 6.92 Å². The van der Waals surface area contributed by atoms with Crippen LogP contribution in [0.25, 0.3) is 0 Å². The van der Waals surface area contributed by atoms with Crippen LogP contribution >= 0.6 is 0 Å². The van der Waals surface area contributed by atoms with Gasteiger partial charge in [0, 0.05) is 11.3 Å². The summed E-state index contributed by atoms with van der Waals surface area (Å²) in [6.07, 6.45) is 3.93. The van der Waals surface area contributed by atoms with E-state index in [1.54, 1.807) is 6.92 Å². The van der Waals surface area contributed by atoms with Crippen LogP contribution in [-0.4, -0.2) is 33.7 Å². The topological polar surface area (TPSA) is 121 Å². The molecule has 0 fully saturated rings. The van der Waals surface area contributed by atoms with Gasteiger partial charge in [0.1, 0.15) is 6.33 Å². The zero-order valence-corrected chi connectivity index (χ0v) is 10.3. The van der Waals surface area contributed by atoms with Crippen molar-refractivity contribution in [3.8, 4) is 0 Å². The van der Waals surface area contributed by atoms with E-state index >= 15 is 0 Å². The molecule has 18 heavy (non-hydrogen) atoms. The number of aryl methyl sites for hydroxylation is 1. The zero-order valence-electron chi connectivity index (χ0n) is 9.45. The molecule has 2 rings (SSSR count). The summed E-state index contributed by atoms with van der Waals surface area (Å²) in [4.78, 5) is 7.39. The maximum atomic E-state index is 12.0. The smallest absolute Gasteiger partial charge is 0.281 e. The zero-order chi connectivity index (χ0) is 13.2. The number of aliphatic hydroxyl groups excluding tert-OH is 1. The highest BCUT2D eigenvalue weighted by molar-refractivity contribution is 7.92. The summed E-state index contributed by atoms with van der Waals surface area (Å²) in [5.41, 5.74) is 0.962. The average Bonchev–Trinajstić information content (AvgIpc) is 2.72. The number of aromatic amines is 1. The molecule has 0 saturated carbocycles. The van der Waals surface area contributed by atoms with E-state index in [0.29, 0.717) is 5.69 Å². The number of H-pyrrole nitrogens is 1. The van der Waals surface area contributed by atoms with Crippen molar-refractivity contribution in [3.05, 3.63) is 30.0 Å². The van der Waals surface area contributed by atoms with Gasteiger partial charge in [0.15, 0.2) is 0 Å². The van der Waals surface area contributed by atoms with Crippen molar-refractivity contribution < 1.29 is 13.5 Å². The number of hydrogen-bond donors (Lipinski definition) is 3. The molecule has 0 unspecified atom stereocenters. The number of aromatic nitrogens is 4. The minimum absolute atomic E-state index is 0.224. The summed E-state index contributed by atoms with van der Waals surface area (Å²) >= 11 is 0. The molecule has 9 heteroatoms. The number of anilines is 1. The molecule has 0 spiro atoms. The number of nitrogens with one attached hydrogen (secondary N) is 2. The molecule has 0 aliphatic carbocycles. The Hall–Kier alpha value is -2.00. The number of sulfonamides is 1. The monoisotopic (exact) mass is 269 g/mol. The van der Waals surface area contributed by atoms with E-state index in [9.17, 15) is 8.42 Å². The first-order valence-corrected chi connectivity index (χ1v) is 6.45. The third-order valence-corrected chi connectivity index (χ3v) is 3.61. The average molecular weight is 269 g/mol. The summed E-state index contributed by atoms with van der Waals surface area (Å²) < 4.78 is 26.3. The number of hydrogen-bond acceptors (Lipinski definition) is 6. The molecule has 0 amide bonds. The molecule has 0 aromatic carbocycles. The Labute approximate surface area is 103 Å².